The van der Waals surface area contributed by atoms with Gasteiger partial charge in [0.25, 0.3) is 5.91 Å². The fourth-order valence-corrected chi connectivity index (χ4v) is 3.54. The smallest absolute Gasteiger partial charge is 0.260 e. The van der Waals surface area contributed by atoms with E-state index in [4.69, 9.17) is 4.42 Å². The Kier molecular flexibility index (Phi) is 3.14. The lowest BCUT2D eigenvalue weighted by Crippen LogP contribution is -2.12. The first-order valence-corrected chi connectivity index (χ1v) is 7.29. The molecule has 1 atom stereocenters. The normalized spacial score (nSPS) is 18.1. The van der Waals surface area contributed by atoms with E-state index in [-0.39, 0.29) is 5.91 Å². The highest BCUT2D eigenvalue weighted by molar-refractivity contribution is 7.15. The summed E-state index contributed by atoms with van der Waals surface area (Å²) in [5, 5.41) is 3.56. The minimum Gasteiger partial charge on any atom is -0.469 e. The third-order valence-corrected chi connectivity index (χ3v) is 4.55. The molecule has 2 heterocycles. The number of carbonyl (C=O) groups is 1. The lowest BCUT2D eigenvalue weighted by atomic mass is 9.93. The average molecular weight is 276 g/mol. The second-order valence-corrected chi connectivity index (χ2v) is 6.17. The van der Waals surface area contributed by atoms with Crippen LogP contribution in [0.4, 0.5) is 5.13 Å². The number of hydrogen-bond acceptors (Lipinski definition) is 4. The van der Waals surface area contributed by atoms with Gasteiger partial charge in [0.1, 0.15) is 5.76 Å². The second-order valence-electron chi connectivity index (χ2n) is 5.08. The van der Waals surface area contributed by atoms with E-state index in [0.29, 0.717) is 22.4 Å². The maximum Gasteiger partial charge on any atom is 0.260 e. The molecular weight excluding hydrogens is 260 g/mol. The molecule has 0 saturated heterocycles. The van der Waals surface area contributed by atoms with Crippen molar-refractivity contribution in [3.05, 3.63) is 34.2 Å². The fraction of sp³-hybridized carbons (Fsp3) is 0.429. The van der Waals surface area contributed by atoms with Crippen molar-refractivity contribution in [3.8, 4) is 0 Å². The van der Waals surface area contributed by atoms with Crippen molar-refractivity contribution in [1.82, 2.24) is 4.98 Å². The van der Waals surface area contributed by atoms with E-state index in [0.717, 1.165) is 18.5 Å². The van der Waals surface area contributed by atoms with Gasteiger partial charge in [0.15, 0.2) is 5.13 Å². The molecule has 100 valence electrons. The number of furan rings is 1. The lowest BCUT2D eigenvalue weighted by Gasteiger charge is -2.15. The van der Waals surface area contributed by atoms with Crippen LogP contribution in [-0.2, 0) is 12.8 Å². The molecule has 0 spiro atoms. The van der Waals surface area contributed by atoms with Crippen LogP contribution < -0.4 is 5.32 Å². The molecule has 0 unspecified atom stereocenters. The number of nitrogens with one attached hydrogen (secondary N) is 1. The SMILES string of the molecule is Cc1occc1C(=O)Nc1nc2c(s1)C[C@@H](C)CC2. The zero-order valence-electron chi connectivity index (χ0n) is 11.0. The summed E-state index contributed by atoms with van der Waals surface area (Å²) >= 11 is 1.60. The van der Waals surface area contributed by atoms with Gasteiger partial charge in [0, 0.05) is 4.88 Å². The number of nitrogens with zero attached hydrogens (tertiary/aromatic N) is 1. The van der Waals surface area contributed by atoms with E-state index >= 15 is 0 Å². The summed E-state index contributed by atoms with van der Waals surface area (Å²) in [4.78, 5) is 17.9. The van der Waals surface area contributed by atoms with Gasteiger partial charge in [-0.05, 0) is 38.2 Å². The number of fused-ring (bicyclic) bond motifs is 1. The molecule has 1 N–H and O–H groups in total. The van der Waals surface area contributed by atoms with Gasteiger partial charge >= 0.3 is 0 Å². The first-order valence-electron chi connectivity index (χ1n) is 6.47. The number of amides is 1. The summed E-state index contributed by atoms with van der Waals surface area (Å²) in [6, 6.07) is 1.68. The van der Waals surface area contributed by atoms with Gasteiger partial charge in [-0.2, -0.15) is 0 Å². The Hall–Kier alpha value is -1.62. The molecule has 1 amide bonds. The van der Waals surface area contributed by atoms with Crippen molar-refractivity contribution < 1.29 is 9.21 Å². The average Bonchev–Trinajstić information content (AvgIpc) is 2.94. The van der Waals surface area contributed by atoms with Gasteiger partial charge in [-0.3, -0.25) is 10.1 Å². The highest BCUT2D eigenvalue weighted by atomic mass is 32.1. The van der Waals surface area contributed by atoms with Crippen molar-refractivity contribution in [2.75, 3.05) is 5.32 Å². The molecule has 0 aromatic carbocycles. The summed E-state index contributed by atoms with van der Waals surface area (Å²) < 4.78 is 5.14. The van der Waals surface area contributed by atoms with E-state index in [1.807, 2.05) is 0 Å². The van der Waals surface area contributed by atoms with Crippen LogP contribution in [0.15, 0.2) is 16.7 Å². The molecule has 1 aliphatic carbocycles. The quantitative estimate of drug-likeness (QED) is 0.914. The molecular formula is C14H16N2O2S. The van der Waals surface area contributed by atoms with Gasteiger partial charge in [-0.15, -0.1) is 11.3 Å². The molecule has 1 aliphatic rings. The predicted molar refractivity (Wildman–Crippen MR) is 74.7 cm³/mol. The van der Waals surface area contributed by atoms with Crippen LogP contribution in [0.2, 0.25) is 0 Å². The molecule has 0 aliphatic heterocycles. The van der Waals surface area contributed by atoms with Crippen LogP contribution in [0.1, 0.15) is 40.0 Å². The molecule has 2 aromatic heterocycles. The zero-order valence-corrected chi connectivity index (χ0v) is 11.8. The molecule has 0 radical (unpaired) electrons. The van der Waals surface area contributed by atoms with Crippen LogP contribution >= 0.6 is 11.3 Å². The predicted octanol–water partition coefficient (Wildman–Crippen LogP) is 3.42. The van der Waals surface area contributed by atoms with Crippen LogP contribution in [-0.4, -0.2) is 10.9 Å². The van der Waals surface area contributed by atoms with Crippen LogP contribution in [0, 0.1) is 12.8 Å². The van der Waals surface area contributed by atoms with E-state index in [1.54, 1.807) is 24.3 Å². The monoisotopic (exact) mass is 276 g/mol. The number of anilines is 1. The standard InChI is InChI=1S/C14H16N2O2S/c1-8-3-4-11-12(7-8)19-14(15-11)16-13(17)10-5-6-18-9(10)2/h5-6,8H,3-4,7H2,1-2H3,(H,15,16,17)/t8-/m0/s1. The summed E-state index contributed by atoms with van der Waals surface area (Å²) in [6.07, 6.45) is 4.81. The van der Waals surface area contributed by atoms with Crippen LogP contribution in [0.25, 0.3) is 0 Å². The van der Waals surface area contributed by atoms with Crippen molar-refractivity contribution >= 4 is 22.4 Å². The Bertz CT molecular complexity index is 615. The van der Waals surface area contributed by atoms with Crippen molar-refractivity contribution in [2.24, 2.45) is 5.92 Å². The molecule has 19 heavy (non-hydrogen) atoms. The molecule has 0 bridgehead atoms. The van der Waals surface area contributed by atoms with Crippen molar-refractivity contribution in [1.29, 1.82) is 0 Å². The minimum absolute atomic E-state index is 0.148. The lowest BCUT2D eigenvalue weighted by molar-refractivity contribution is 0.102. The van der Waals surface area contributed by atoms with Gasteiger partial charge in [0.2, 0.25) is 0 Å². The largest absolute Gasteiger partial charge is 0.469 e. The number of aromatic nitrogens is 1. The van der Waals surface area contributed by atoms with Crippen LogP contribution in [0.3, 0.4) is 0 Å². The zero-order chi connectivity index (χ0) is 13.4. The van der Waals surface area contributed by atoms with E-state index in [1.165, 1.54) is 17.6 Å². The van der Waals surface area contributed by atoms with Gasteiger partial charge in [-0.25, -0.2) is 4.98 Å². The Morgan fingerprint density at radius 3 is 3.16 bits per heavy atom. The summed E-state index contributed by atoms with van der Waals surface area (Å²) in [6.45, 7) is 4.04. The summed E-state index contributed by atoms with van der Waals surface area (Å²) in [7, 11) is 0. The van der Waals surface area contributed by atoms with Crippen molar-refractivity contribution in [2.45, 2.75) is 33.1 Å². The maximum absolute atomic E-state index is 12.1. The Labute approximate surface area is 115 Å². The highest BCUT2D eigenvalue weighted by Gasteiger charge is 2.21. The topological polar surface area (TPSA) is 55.1 Å². The van der Waals surface area contributed by atoms with Gasteiger partial charge in [-0.1, -0.05) is 6.92 Å². The first kappa shape index (κ1) is 12.4. The molecule has 2 aromatic rings. The molecule has 0 saturated carbocycles. The maximum atomic E-state index is 12.1. The number of rotatable bonds is 2. The third kappa shape index (κ3) is 2.42. The van der Waals surface area contributed by atoms with Gasteiger partial charge < -0.3 is 4.42 Å². The number of aryl methyl sites for hydroxylation is 2. The number of thiazole rings is 1. The van der Waals surface area contributed by atoms with E-state index in [2.05, 4.69) is 17.2 Å². The number of carbonyl (C=O) groups excluding carboxylic acids is 1. The van der Waals surface area contributed by atoms with E-state index < -0.39 is 0 Å². The molecule has 4 nitrogen and oxygen atoms in total. The molecule has 0 fully saturated rings. The Morgan fingerprint density at radius 2 is 2.42 bits per heavy atom. The third-order valence-electron chi connectivity index (χ3n) is 3.51. The summed E-state index contributed by atoms with van der Waals surface area (Å²) in [5.74, 6) is 1.20. The van der Waals surface area contributed by atoms with Crippen LogP contribution in [0.5, 0.6) is 0 Å². The molecule has 3 rings (SSSR count). The van der Waals surface area contributed by atoms with Crippen molar-refractivity contribution in [3.63, 3.8) is 0 Å². The Morgan fingerprint density at radius 1 is 1.58 bits per heavy atom. The summed E-state index contributed by atoms with van der Waals surface area (Å²) in [5.41, 5.74) is 1.73. The highest BCUT2D eigenvalue weighted by Crippen LogP contribution is 2.32. The number of hydrogen-bond donors (Lipinski definition) is 1. The first-order chi connectivity index (χ1) is 9.13. The fourth-order valence-electron chi connectivity index (χ4n) is 2.38. The van der Waals surface area contributed by atoms with Gasteiger partial charge in [0.05, 0.1) is 17.5 Å². The second kappa shape index (κ2) is 4.81. The minimum atomic E-state index is -0.148. The van der Waals surface area contributed by atoms with E-state index in [9.17, 15) is 4.79 Å². The Balaban J connectivity index is 1.78. The molecule has 5 heteroatoms.